The van der Waals surface area contributed by atoms with Crippen molar-refractivity contribution in [2.45, 2.75) is 47.0 Å². The number of allylic oxidation sites excluding steroid dienone is 9. The van der Waals surface area contributed by atoms with Crippen molar-refractivity contribution in [3.63, 3.8) is 0 Å². The lowest BCUT2D eigenvalue weighted by atomic mass is 9.73. The molecule has 0 aromatic rings. The van der Waals surface area contributed by atoms with Crippen molar-refractivity contribution in [2.75, 3.05) is 6.61 Å². The van der Waals surface area contributed by atoms with Gasteiger partial charge in [0, 0.05) is 4.48 Å². The van der Waals surface area contributed by atoms with Crippen LogP contribution in [-0.4, -0.2) is 11.7 Å². The maximum absolute atomic E-state index is 8.80. The van der Waals surface area contributed by atoms with E-state index in [2.05, 4.69) is 48.9 Å². The molecule has 1 N–H and O–H groups in total. The molecule has 0 spiro atoms. The van der Waals surface area contributed by atoms with E-state index in [1.165, 1.54) is 30.4 Å². The largest absolute Gasteiger partial charge is 0.392 e. The van der Waals surface area contributed by atoms with Crippen LogP contribution in [-0.2, 0) is 0 Å². The van der Waals surface area contributed by atoms with Crippen LogP contribution in [0.15, 0.2) is 57.7 Å². The molecule has 0 saturated heterocycles. The van der Waals surface area contributed by atoms with Crippen molar-refractivity contribution >= 4 is 15.9 Å². The van der Waals surface area contributed by atoms with Crippen LogP contribution in [0.3, 0.4) is 0 Å². The molecule has 0 unspecified atom stereocenters. The van der Waals surface area contributed by atoms with Gasteiger partial charge in [0.25, 0.3) is 0 Å². The molecular weight excluding hydrogens is 324 g/mol. The maximum atomic E-state index is 8.80. The Morgan fingerprint density at radius 2 is 2.05 bits per heavy atom. The molecule has 0 aromatic heterocycles. The Morgan fingerprint density at radius 1 is 1.33 bits per heavy atom. The number of halogens is 1. The smallest absolute Gasteiger partial charge is 0.0617 e. The van der Waals surface area contributed by atoms with E-state index in [0.717, 1.165) is 10.1 Å². The summed E-state index contributed by atoms with van der Waals surface area (Å²) in [4.78, 5) is 0. The molecule has 0 fully saturated rings. The first-order valence-corrected chi connectivity index (χ1v) is 8.36. The van der Waals surface area contributed by atoms with Crippen LogP contribution in [0, 0.1) is 5.41 Å². The van der Waals surface area contributed by atoms with E-state index in [4.69, 9.17) is 5.11 Å². The maximum Gasteiger partial charge on any atom is 0.0617 e. The highest BCUT2D eigenvalue weighted by atomic mass is 79.9. The van der Waals surface area contributed by atoms with E-state index in [0.29, 0.717) is 0 Å². The van der Waals surface area contributed by atoms with Crippen molar-refractivity contribution < 1.29 is 5.11 Å². The molecule has 0 aliphatic heterocycles. The molecule has 2 heteroatoms. The average molecular weight is 351 g/mol. The van der Waals surface area contributed by atoms with Crippen LogP contribution < -0.4 is 0 Å². The number of rotatable bonds is 5. The fourth-order valence-corrected chi connectivity index (χ4v) is 3.02. The second kappa shape index (κ2) is 8.55. The third kappa shape index (κ3) is 6.19. The highest BCUT2D eigenvalue weighted by Crippen LogP contribution is 2.40. The topological polar surface area (TPSA) is 20.2 Å². The minimum atomic E-state index is 0.0868. The predicted molar refractivity (Wildman–Crippen MR) is 96.5 cm³/mol. The van der Waals surface area contributed by atoms with Gasteiger partial charge in [0.2, 0.25) is 0 Å². The molecule has 1 nitrogen and oxygen atoms in total. The summed E-state index contributed by atoms with van der Waals surface area (Å²) in [7, 11) is 0. The quantitative estimate of drug-likeness (QED) is 0.617. The summed E-state index contributed by atoms with van der Waals surface area (Å²) in [6, 6.07) is 0. The molecule has 1 aliphatic carbocycles. The number of aliphatic hydroxyl groups is 1. The molecule has 116 valence electrons. The normalized spacial score (nSPS) is 20.9. The molecule has 1 aliphatic rings. The number of hydrogen-bond donors (Lipinski definition) is 1. The number of hydrogen-bond acceptors (Lipinski definition) is 1. The number of aliphatic hydroxyl groups excluding tert-OH is 1. The summed E-state index contributed by atoms with van der Waals surface area (Å²) in [6.45, 7) is 8.97. The summed E-state index contributed by atoms with van der Waals surface area (Å²) in [5.41, 5.74) is 4.33. The van der Waals surface area contributed by atoms with E-state index >= 15 is 0 Å². The molecule has 0 atom stereocenters. The molecule has 0 amide bonds. The van der Waals surface area contributed by atoms with E-state index in [-0.39, 0.29) is 12.0 Å². The average Bonchev–Trinajstić information content (AvgIpc) is 2.37. The molecule has 0 saturated carbocycles. The zero-order valence-electron chi connectivity index (χ0n) is 13.6. The first kappa shape index (κ1) is 18.2. The van der Waals surface area contributed by atoms with Crippen LogP contribution in [0.25, 0.3) is 0 Å². The van der Waals surface area contributed by atoms with E-state index in [9.17, 15) is 0 Å². The van der Waals surface area contributed by atoms with Crippen LogP contribution in [0.1, 0.15) is 47.0 Å². The summed E-state index contributed by atoms with van der Waals surface area (Å²) in [5, 5.41) is 8.80. The first-order valence-electron chi connectivity index (χ1n) is 7.56. The summed E-state index contributed by atoms with van der Waals surface area (Å²) in [6.07, 6.45) is 15.9. The molecule has 0 radical (unpaired) electrons. The Labute approximate surface area is 138 Å². The van der Waals surface area contributed by atoms with Gasteiger partial charge in [-0.15, -0.1) is 0 Å². The predicted octanol–water partition coefficient (Wildman–Crippen LogP) is 5.84. The van der Waals surface area contributed by atoms with Crippen LogP contribution >= 0.6 is 15.9 Å². The van der Waals surface area contributed by atoms with Gasteiger partial charge in [-0.1, -0.05) is 65.2 Å². The summed E-state index contributed by atoms with van der Waals surface area (Å²) < 4.78 is 1.05. The Hall–Kier alpha value is -0.860. The van der Waals surface area contributed by atoms with Crippen molar-refractivity contribution in [3.8, 4) is 0 Å². The van der Waals surface area contributed by atoms with E-state index in [1.807, 2.05) is 25.2 Å². The Kier molecular flexibility index (Phi) is 7.41. The minimum Gasteiger partial charge on any atom is -0.392 e. The highest BCUT2D eigenvalue weighted by Gasteiger charge is 2.26. The van der Waals surface area contributed by atoms with Gasteiger partial charge in [0.05, 0.1) is 6.61 Å². The molecule has 0 heterocycles. The SMILES string of the molecule is CC1=C(/C=C/C(Br)=C/C=C/C(C)=C/CO)C(C)(C)CCC1. The van der Waals surface area contributed by atoms with Crippen molar-refractivity contribution in [2.24, 2.45) is 5.41 Å². The molecular formula is C19H27BrO. The van der Waals surface area contributed by atoms with Crippen LogP contribution in [0.5, 0.6) is 0 Å². The first-order chi connectivity index (χ1) is 9.86. The van der Waals surface area contributed by atoms with Gasteiger partial charge in [0.15, 0.2) is 0 Å². The van der Waals surface area contributed by atoms with E-state index in [1.54, 1.807) is 6.08 Å². The minimum absolute atomic E-state index is 0.0868. The van der Waals surface area contributed by atoms with Gasteiger partial charge in [-0.2, -0.15) is 0 Å². The van der Waals surface area contributed by atoms with E-state index < -0.39 is 0 Å². The van der Waals surface area contributed by atoms with Crippen molar-refractivity contribution in [3.05, 3.63) is 57.7 Å². The molecule has 0 bridgehead atoms. The Bertz CT molecular complexity index is 502. The zero-order valence-corrected chi connectivity index (χ0v) is 15.2. The van der Waals surface area contributed by atoms with Gasteiger partial charge < -0.3 is 5.11 Å². The molecule has 1 rings (SSSR count). The second-order valence-corrected chi connectivity index (χ2v) is 7.22. The third-order valence-electron chi connectivity index (χ3n) is 3.98. The van der Waals surface area contributed by atoms with Gasteiger partial charge >= 0.3 is 0 Å². The fraction of sp³-hybridized carbons (Fsp3) is 0.474. The van der Waals surface area contributed by atoms with Gasteiger partial charge in [0.1, 0.15) is 0 Å². The van der Waals surface area contributed by atoms with Crippen LogP contribution in [0.4, 0.5) is 0 Å². The zero-order chi connectivity index (χ0) is 15.9. The summed E-state index contributed by atoms with van der Waals surface area (Å²) >= 11 is 3.58. The highest BCUT2D eigenvalue weighted by molar-refractivity contribution is 9.11. The molecule has 21 heavy (non-hydrogen) atoms. The Morgan fingerprint density at radius 3 is 2.67 bits per heavy atom. The van der Waals surface area contributed by atoms with Crippen LogP contribution in [0.2, 0.25) is 0 Å². The standard InChI is InChI=1S/C19H27BrO/c1-15(12-14-21)7-5-9-17(20)10-11-18-16(2)8-6-13-19(18,3)4/h5,7,9-12,21H,6,8,13-14H2,1-4H3/b7-5+,11-10+,15-12+,17-9-. The molecule has 0 aromatic carbocycles. The summed E-state index contributed by atoms with van der Waals surface area (Å²) in [5.74, 6) is 0. The van der Waals surface area contributed by atoms with Gasteiger partial charge in [-0.3, -0.25) is 0 Å². The second-order valence-electron chi connectivity index (χ2n) is 6.31. The van der Waals surface area contributed by atoms with Gasteiger partial charge in [-0.05, 0) is 56.3 Å². The lowest BCUT2D eigenvalue weighted by Gasteiger charge is -2.32. The fourth-order valence-electron chi connectivity index (χ4n) is 2.73. The van der Waals surface area contributed by atoms with Crippen molar-refractivity contribution in [1.82, 2.24) is 0 Å². The van der Waals surface area contributed by atoms with Crippen molar-refractivity contribution in [1.29, 1.82) is 0 Å². The monoisotopic (exact) mass is 350 g/mol. The lowest BCUT2D eigenvalue weighted by molar-refractivity contribution is 0.342. The lowest BCUT2D eigenvalue weighted by Crippen LogP contribution is -2.18. The van der Waals surface area contributed by atoms with Gasteiger partial charge in [-0.25, -0.2) is 0 Å². The third-order valence-corrected chi connectivity index (χ3v) is 4.51. The Balaban J connectivity index is 2.78.